The number of nitrogens with zero attached hydrogens (tertiary/aromatic N) is 1. The summed E-state index contributed by atoms with van der Waals surface area (Å²) in [6.07, 6.45) is 1.83. The van der Waals surface area contributed by atoms with Crippen molar-refractivity contribution in [2.24, 2.45) is 5.92 Å². The molecule has 0 aliphatic carbocycles. The second-order valence-electron chi connectivity index (χ2n) is 7.48. The zero-order valence-electron chi connectivity index (χ0n) is 17.2. The first-order chi connectivity index (χ1) is 14.6. The Morgan fingerprint density at radius 3 is 2.70 bits per heavy atom. The second kappa shape index (κ2) is 11.2. The number of hydrogen-bond donors (Lipinski definition) is 2. The van der Waals surface area contributed by atoms with E-state index in [-0.39, 0.29) is 17.7 Å². The van der Waals surface area contributed by atoms with Crippen LogP contribution in [0.1, 0.15) is 28.8 Å². The number of benzene rings is 2. The van der Waals surface area contributed by atoms with Crippen LogP contribution in [0.3, 0.4) is 0 Å². The molecule has 30 heavy (non-hydrogen) atoms. The lowest BCUT2D eigenvalue weighted by Gasteiger charge is -2.32. The summed E-state index contributed by atoms with van der Waals surface area (Å²) in [5.41, 5.74) is 2.24. The van der Waals surface area contributed by atoms with E-state index < -0.39 is 0 Å². The molecular weight excluding hydrogens is 446 g/mol. The third kappa shape index (κ3) is 6.39. The lowest BCUT2D eigenvalue weighted by atomic mass is 9.96. The van der Waals surface area contributed by atoms with E-state index in [1.54, 1.807) is 25.3 Å². The molecule has 2 amide bonds. The molecule has 6 nitrogen and oxygen atoms in total. The minimum Gasteiger partial charge on any atom is -0.383 e. The van der Waals surface area contributed by atoms with Crippen LogP contribution in [0, 0.1) is 5.92 Å². The van der Waals surface area contributed by atoms with Crippen LogP contribution < -0.4 is 10.6 Å². The van der Waals surface area contributed by atoms with Gasteiger partial charge in [0.1, 0.15) is 0 Å². The van der Waals surface area contributed by atoms with Crippen molar-refractivity contribution in [3.63, 3.8) is 0 Å². The van der Waals surface area contributed by atoms with Gasteiger partial charge >= 0.3 is 0 Å². The highest BCUT2D eigenvalue weighted by Crippen LogP contribution is 2.22. The van der Waals surface area contributed by atoms with Crippen LogP contribution in [0.15, 0.2) is 53.0 Å². The number of nitrogens with one attached hydrogen (secondary N) is 2. The number of anilines is 1. The van der Waals surface area contributed by atoms with Crippen LogP contribution in [-0.4, -0.2) is 50.1 Å². The normalized spacial score (nSPS) is 16.8. The Morgan fingerprint density at radius 2 is 1.93 bits per heavy atom. The summed E-state index contributed by atoms with van der Waals surface area (Å²) in [5, 5.41) is 5.78. The van der Waals surface area contributed by atoms with Gasteiger partial charge in [-0.2, -0.15) is 0 Å². The van der Waals surface area contributed by atoms with Crippen LogP contribution in [0.2, 0.25) is 0 Å². The number of rotatable bonds is 8. The number of carbonyl (C=O) groups excluding carboxylic acids is 2. The average molecular weight is 474 g/mol. The van der Waals surface area contributed by atoms with Crippen molar-refractivity contribution in [3.05, 3.63) is 64.1 Å². The SMILES string of the molecule is COCCNC(=O)c1ccccc1NC(=O)C1CCCN(Cc2ccc(Br)cc2)C1. The molecule has 1 unspecified atom stereocenters. The van der Waals surface area contributed by atoms with E-state index >= 15 is 0 Å². The Balaban J connectivity index is 1.60. The highest BCUT2D eigenvalue weighted by molar-refractivity contribution is 9.10. The van der Waals surface area contributed by atoms with Gasteiger partial charge in [-0.1, -0.05) is 40.2 Å². The van der Waals surface area contributed by atoms with Crippen molar-refractivity contribution < 1.29 is 14.3 Å². The van der Waals surface area contributed by atoms with Gasteiger partial charge in [0.05, 0.1) is 23.8 Å². The zero-order chi connectivity index (χ0) is 21.3. The highest BCUT2D eigenvalue weighted by Gasteiger charge is 2.26. The van der Waals surface area contributed by atoms with Gasteiger partial charge in [0.25, 0.3) is 5.91 Å². The lowest BCUT2D eigenvalue weighted by Crippen LogP contribution is -2.40. The molecule has 3 rings (SSSR count). The molecule has 2 aromatic carbocycles. The van der Waals surface area contributed by atoms with E-state index in [1.807, 2.05) is 18.2 Å². The molecule has 1 aliphatic heterocycles. The van der Waals surface area contributed by atoms with Crippen molar-refractivity contribution in [1.82, 2.24) is 10.2 Å². The minimum atomic E-state index is -0.219. The summed E-state index contributed by atoms with van der Waals surface area (Å²) in [6.45, 7) is 3.39. The van der Waals surface area contributed by atoms with Gasteiger partial charge in [-0.3, -0.25) is 14.5 Å². The van der Waals surface area contributed by atoms with Gasteiger partial charge in [-0.15, -0.1) is 0 Å². The molecule has 1 saturated heterocycles. The minimum absolute atomic E-state index is 0.0346. The molecule has 160 valence electrons. The van der Waals surface area contributed by atoms with Crippen molar-refractivity contribution in [2.45, 2.75) is 19.4 Å². The topological polar surface area (TPSA) is 70.7 Å². The van der Waals surface area contributed by atoms with Crippen molar-refractivity contribution in [1.29, 1.82) is 0 Å². The first-order valence-corrected chi connectivity index (χ1v) is 11.0. The van der Waals surface area contributed by atoms with Crippen molar-refractivity contribution >= 4 is 33.4 Å². The average Bonchev–Trinajstić information content (AvgIpc) is 2.76. The van der Waals surface area contributed by atoms with Crippen molar-refractivity contribution in [2.75, 3.05) is 38.7 Å². The van der Waals surface area contributed by atoms with E-state index in [0.29, 0.717) is 30.9 Å². The molecule has 1 aliphatic rings. The summed E-state index contributed by atoms with van der Waals surface area (Å²) >= 11 is 3.46. The van der Waals surface area contributed by atoms with Gasteiger partial charge in [-0.25, -0.2) is 0 Å². The Bertz CT molecular complexity index is 857. The van der Waals surface area contributed by atoms with Gasteiger partial charge < -0.3 is 15.4 Å². The zero-order valence-corrected chi connectivity index (χ0v) is 18.8. The van der Waals surface area contributed by atoms with E-state index in [0.717, 1.165) is 30.4 Å². The number of ether oxygens (including phenoxy) is 1. The molecule has 0 bridgehead atoms. The number of carbonyl (C=O) groups is 2. The van der Waals surface area contributed by atoms with Crippen LogP contribution >= 0.6 is 15.9 Å². The molecule has 1 heterocycles. The van der Waals surface area contributed by atoms with E-state index in [9.17, 15) is 9.59 Å². The second-order valence-corrected chi connectivity index (χ2v) is 8.40. The first kappa shape index (κ1) is 22.5. The Hall–Kier alpha value is -2.22. The number of para-hydroxylation sites is 1. The number of halogens is 1. The molecule has 1 fully saturated rings. The molecule has 0 aromatic heterocycles. The summed E-state index contributed by atoms with van der Waals surface area (Å²) in [7, 11) is 1.59. The summed E-state index contributed by atoms with van der Waals surface area (Å²) in [6, 6.07) is 15.4. The largest absolute Gasteiger partial charge is 0.383 e. The summed E-state index contributed by atoms with van der Waals surface area (Å²) in [4.78, 5) is 27.7. The fraction of sp³-hybridized carbons (Fsp3) is 0.391. The fourth-order valence-electron chi connectivity index (χ4n) is 3.65. The van der Waals surface area contributed by atoms with Crippen LogP contribution in [0.5, 0.6) is 0 Å². The highest BCUT2D eigenvalue weighted by atomic mass is 79.9. The van der Waals surface area contributed by atoms with Gasteiger partial charge in [0, 0.05) is 31.2 Å². The van der Waals surface area contributed by atoms with Gasteiger partial charge in [0.15, 0.2) is 0 Å². The van der Waals surface area contributed by atoms with E-state index in [2.05, 4.69) is 43.6 Å². The number of methoxy groups -OCH3 is 1. The Kier molecular flexibility index (Phi) is 8.42. The number of hydrogen-bond acceptors (Lipinski definition) is 4. The molecule has 0 radical (unpaired) electrons. The van der Waals surface area contributed by atoms with E-state index in [4.69, 9.17) is 4.74 Å². The third-order valence-electron chi connectivity index (χ3n) is 5.22. The van der Waals surface area contributed by atoms with Gasteiger partial charge in [-0.05, 0) is 49.2 Å². The molecule has 2 aromatic rings. The Labute approximate surface area is 186 Å². The van der Waals surface area contributed by atoms with Crippen LogP contribution in [-0.2, 0) is 16.1 Å². The Morgan fingerprint density at radius 1 is 1.17 bits per heavy atom. The molecular formula is C23H28BrN3O3. The maximum atomic E-state index is 12.9. The van der Waals surface area contributed by atoms with Crippen LogP contribution in [0.4, 0.5) is 5.69 Å². The first-order valence-electron chi connectivity index (χ1n) is 10.2. The molecule has 0 spiro atoms. The molecule has 7 heteroatoms. The monoisotopic (exact) mass is 473 g/mol. The maximum Gasteiger partial charge on any atom is 0.253 e. The lowest BCUT2D eigenvalue weighted by molar-refractivity contribution is -0.121. The summed E-state index contributed by atoms with van der Waals surface area (Å²) in [5.74, 6) is -0.352. The van der Waals surface area contributed by atoms with E-state index in [1.165, 1.54) is 5.56 Å². The fourth-order valence-corrected chi connectivity index (χ4v) is 3.91. The summed E-state index contributed by atoms with van der Waals surface area (Å²) < 4.78 is 6.03. The molecule has 0 saturated carbocycles. The quantitative estimate of drug-likeness (QED) is 0.573. The predicted molar refractivity (Wildman–Crippen MR) is 121 cm³/mol. The molecule has 1 atom stereocenters. The molecule has 2 N–H and O–H groups in total. The third-order valence-corrected chi connectivity index (χ3v) is 5.75. The maximum absolute atomic E-state index is 12.9. The van der Waals surface area contributed by atoms with Crippen LogP contribution in [0.25, 0.3) is 0 Å². The smallest absolute Gasteiger partial charge is 0.253 e. The van der Waals surface area contributed by atoms with Gasteiger partial charge in [0.2, 0.25) is 5.91 Å². The number of amides is 2. The number of likely N-dealkylation sites (tertiary alicyclic amines) is 1. The van der Waals surface area contributed by atoms with Crippen molar-refractivity contribution in [3.8, 4) is 0 Å². The predicted octanol–water partition coefficient (Wildman–Crippen LogP) is 3.68. The number of piperidine rings is 1. The standard InChI is InChI=1S/C23H28BrN3O3/c1-30-14-12-25-23(29)20-6-2-3-7-21(20)26-22(28)18-5-4-13-27(16-18)15-17-8-10-19(24)11-9-17/h2-3,6-11,18H,4-5,12-16H2,1H3,(H,25,29)(H,26,28).